The van der Waals surface area contributed by atoms with Gasteiger partial charge in [-0.2, -0.15) is 0 Å². The van der Waals surface area contributed by atoms with Gasteiger partial charge < -0.3 is 15.4 Å². The third kappa shape index (κ3) is 5.41. The van der Waals surface area contributed by atoms with Crippen LogP contribution >= 0.6 is 11.3 Å². The molecule has 2 atom stereocenters. The molecule has 3 rings (SSSR count). The molecular weight excluding hydrogens is 374 g/mol. The molecular formula is C21H27N3O3S. The van der Waals surface area contributed by atoms with E-state index in [-0.39, 0.29) is 12.1 Å². The van der Waals surface area contributed by atoms with Gasteiger partial charge in [0.15, 0.2) is 0 Å². The largest absolute Gasteiger partial charge is 0.379 e. The van der Waals surface area contributed by atoms with E-state index < -0.39 is 11.8 Å². The van der Waals surface area contributed by atoms with Crippen molar-refractivity contribution in [1.29, 1.82) is 0 Å². The van der Waals surface area contributed by atoms with Crippen molar-refractivity contribution >= 4 is 23.2 Å². The highest BCUT2D eigenvalue weighted by atomic mass is 32.1. The number of thiophene rings is 1. The monoisotopic (exact) mass is 401 g/mol. The Morgan fingerprint density at radius 2 is 1.86 bits per heavy atom. The van der Waals surface area contributed by atoms with E-state index in [9.17, 15) is 9.59 Å². The van der Waals surface area contributed by atoms with Gasteiger partial charge in [0.1, 0.15) is 0 Å². The number of nitrogens with one attached hydrogen (secondary N) is 2. The Morgan fingerprint density at radius 1 is 1.14 bits per heavy atom. The number of aryl methyl sites for hydroxylation is 1. The first-order chi connectivity index (χ1) is 13.5. The van der Waals surface area contributed by atoms with Crippen LogP contribution in [-0.2, 0) is 20.9 Å². The SMILES string of the molecule is Cc1ccc(CNC(=O)C(=O)N[C@H](C)[C@H](c2cccs2)N2CCOCC2)cc1. The minimum Gasteiger partial charge on any atom is -0.379 e. The smallest absolute Gasteiger partial charge is 0.309 e. The maximum atomic E-state index is 12.4. The lowest BCUT2D eigenvalue weighted by Crippen LogP contribution is -2.51. The lowest BCUT2D eigenvalue weighted by Gasteiger charge is -2.37. The maximum Gasteiger partial charge on any atom is 0.309 e. The van der Waals surface area contributed by atoms with Gasteiger partial charge in [-0.1, -0.05) is 35.9 Å². The summed E-state index contributed by atoms with van der Waals surface area (Å²) in [5, 5.41) is 7.61. The summed E-state index contributed by atoms with van der Waals surface area (Å²) in [5.41, 5.74) is 2.12. The minimum absolute atomic E-state index is 0.0257. The molecule has 0 unspecified atom stereocenters. The van der Waals surface area contributed by atoms with Crippen LogP contribution in [0.1, 0.15) is 29.0 Å². The van der Waals surface area contributed by atoms with Crippen LogP contribution in [0.4, 0.5) is 0 Å². The molecule has 1 aliphatic heterocycles. The van der Waals surface area contributed by atoms with Gasteiger partial charge in [0.25, 0.3) is 0 Å². The van der Waals surface area contributed by atoms with Crippen molar-refractivity contribution in [2.75, 3.05) is 26.3 Å². The highest BCUT2D eigenvalue weighted by Crippen LogP contribution is 2.29. The number of carbonyl (C=O) groups excluding carboxylic acids is 2. The Morgan fingerprint density at radius 3 is 2.50 bits per heavy atom. The molecule has 2 amide bonds. The lowest BCUT2D eigenvalue weighted by atomic mass is 10.1. The first-order valence-electron chi connectivity index (χ1n) is 9.54. The number of ether oxygens (including phenoxy) is 1. The van der Waals surface area contributed by atoms with Crippen molar-refractivity contribution in [3.8, 4) is 0 Å². The summed E-state index contributed by atoms with van der Waals surface area (Å²) in [7, 11) is 0. The number of morpholine rings is 1. The van der Waals surface area contributed by atoms with Crippen LogP contribution in [0.3, 0.4) is 0 Å². The first kappa shape index (κ1) is 20.5. The van der Waals surface area contributed by atoms with E-state index in [0.29, 0.717) is 19.8 Å². The standard InChI is InChI=1S/C21H27N3O3S/c1-15-5-7-17(8-6-15)14-22-20(25)21(26)23-16(2)19(18-4-3-13-28-18)24-9-11-27-12-10-24/h3-8,13,16,19H,9-12,14H2,1-2H3,(H,22,25)(H,23,26)/t16-,19-/m1/s1. The van der Waals surface area contributed by atoms with E-state index in [2.05, 4.69) is 21.6 Å². The van der Waals surface area contributed by atoms with Crippen molar-refractivity contribution in [1.82, 2.24) is 15.5 Å². The number of amides is 2. The third-order valence-electron chi connectivity index (χ3n) is 4.89. The van der Waals surface area contributed by atoms with Crippen LogP contribution in [0.15, 0.2) is 41.8 Å². The molecule has 1 aliphatic rings. The molecule has 2 N–H and O–H groups in total. The van der Waals surface area contributed by atoms with Crippen LogP contribution in [0.2, 0.25) is 0 Å². The van der Waals surface area contributed by atoms with E-state index in [0.717, 1.165) is 24.2 Å². The van der Waals surface area contributed by atoms with Gasteiger partial charge in [-0.3, -0.25) is 14.5 Å². The Balaban J connectivity index is 1.58. The summed E-state index contributed by atoms with van der Waals surface area (Å²) < 4.78 is 5.46. The summed E-state index contributed by atoms with van der Waals surface area (Å²) in [6.45, 7) is 7.27. The van der Waals surface area contributed by atoms with E-state index in [1.165, 1.54) is 4.88 Å². The topological polar surface area (TPSA) is 70.7 Å². The average Bonchev–Trinajstić information content (AvgIpc) is 3.22. The fourth-order valence-electron chi connectivity index (χ4n) is 3.38. The molecule has 0 aliphatic carbocycles. The third-order valence-corrected chi connectivity index (χ3v) is 5.83. The molecule has 1 saturated heterocycles. The average molecular weight is 402 g/mol. The van der Waals surface area contributed by atoms with Crippen molar-refractivity contribution in [2.24, 2.45) is 0 Å². The van der Waals surface area contributed by atoms with Crippen LogP contribution in [0, 0.1) is 6.92 Å². The van der Waals surface area contributed by atoms with Gasteiger partial charge in [-0.25, -0.2) is 0 Å². The Kier molecular flexibility index (Phi) is 7.19. The second-order valence-corrected chi connectivity index (χ2v) is 8.02. The van der Waals surface area contributed by atoms with Crippen LogP contribution in [0.5, 0.6) is 0 Å². The Hall–Kier alpha value is -2.22. The molecule has 7 heteroatoms. The summed E-state index contributed by atoms with van der Waals surface area (Å²) in [4.78, 5) is 28.2. The van der Waals surface area contributed by atoms with Crippen LogP contribution in [0.25, 0.3) is 0 Å². The molecule has 1 fully saturated rings. The molecule has 0 bridgehead atoms. The molecule has 150 valence electrons. The summed E-state index contributed by atoms with van der Waals surface area (Å²) in [6, 6.07) is 11.8. The second-order valence-electron chi connectivity index (χ2n) is 7.04. The van der Waals surface area contributed by atoms with Gasteiger partial charge in [0.2, 0.25) is 0 Å². The molecule has 2 aromatic rings. The predicted molar refractivity (Wildman–Crippen MR) is 110 cm³/mol. The zero-order valence-corrected chi connectivity index (χ0v) is 17.1. The fourth-order valence-corrected chi connectivity index (χ4v) is 4.34. The predicted octanol–water partition coefficient (Wildman–Crippen LogP) is 2.25. The second kappa shape index (κ2) is 9.82. The van der Waals surface area contributed by atoms with Crippen LogP contribution < -0.4 is 10.6 Å². The van der Waals surface area contributed by atoms with Gasteiger partial charge in [0, 0.05) is 30.6 Å². The van der Waals surface area contributed by atoms with E-state index in [1.54, 1.807) is 11.3 Å². The van der Waals surface area contributed by atoms with Gasteiger partial charge in [0.05, 0.1) is 19.3 Å². The molecule has 28 heavy (non-hydrogen) atoms. The molecule has 1 aromatic carbocycles. The summed E-state index contributed by atoms with van der Waals surface area (Å²) >= 11 is 1.66. The number of hydrogen-bond donors (Lipinski definition) is 2. The van der Waals surface area contributed by atoms with Gasteiger partial charge in [-0.05, 0) is 30.9 Å². The molecule has 0 spiro atoms. The number of hydrogen-bond acceptors (Lipinski definition) is 5. The van der Waals surface area contributed by atoms with Crippen LogP contribution in [-0.4, -0.2) is 49.1 Å². The normalized spacial score (nSPS) is 16.9. The van der Waals surface area contributed by atoms with Crippen molar-refractivity contribution in [2.45, 2.75) is 32.5 Å². The summed E-state index contributed by atoms with van der Waals surface area (Å²) in [6.07, 6.45) is 0. The van der Waals surface area contributed by atoms with Crippen molar-refractivity contribution in [3.63, 3.8) is 0 Å². The highest BCUT2D eigenvalue weighted by Gasteiger charge is 2.30. The van der Waals surface area contributed by atoms with Gasteiger partial charge in [-0.15, -0.1) is 11.3 Å². The summed E-state index contributed by atoms with van der Waals surface area (Å²) in [5.74, 6) is -1.21. The van der Waals surface area contributed by atoms with E-state index in [1.807, 2.05) is 49.6 Å². The molecule has 0 radical (unpaired) electrons. The molecule has 6 nitrogen and oxygen atoms in total. The lowest BCUT2D eigenvalue weighted by molar-refractivity contribution is -0.140. The fraction of sp³-hybridized carbons (Fsp3) is 0.429. The number of carbonyl (C=O) groups is 2. The maximum absolute atomic E-state index is 12.4. The Labute approximate surface area is 169 Å². The molecule has 1 aromatic heterocycles. The molecule has 0 saturated carbocycles. The highest BCUT2D eigenvalue weighted by molar-refractivity contribution is 7.10. The first-order valence-corrected chi connectivity index (χ1v) is 10.4. The zero-order valence-electron chi connectivity index (χ0n) is 16.3. The van der Waals surface area contributed by atoms with Gasteiger partial charge >= 0.3 is 11.8 Å². The molecule has 2 heterocycles. The number of nitrogens with zero attached hydrogens (tertiary/aromatic N) is 1. The zero-order chi connectivity index (χ0) is 19.9. The van der Waals surface area contributed by atoms with Crippen molar-refractivity contribution in [3.05, 3.63) is 57.8 Å². The van der Waals surface area contributed by atoms with Crippen molar-refractivity contribution < 1.29 is 14.3 Å². The Bertz CT molecular complexity index is 771. The van der Waals surface area contributed by atoms with E-state index >= 15 is 0 Å². The quantitative estimate of drug-likeness (QED) is 0.729. The number of benzene rings is 1. The minimum atomic E-state index is -0.612. The number of rotatable bonds is 6. The van der Waals surface area contributed by atoms with E-state index in [4.69, 9.17) is 4.74 Å².